The minimum absolute atomic E-state index is 0.0464. The van der Waals surface area contributed by atoms with Gasteiger partial charge in [0.25, 0.3) is 0 Å². The minimum atomic E-state index is -0.0530. The molecule has 1 aromatic carbocycles. The molecule has 6 nitrogen and oxygen atoms in total. The van der Waals surface area contributed by atoms with E-state index in [1.807, 2.05) is 18.2 Å². The molecule has 1 aliphatic heterocycles. The summed E-state index contributed by atoms with van der Waals surface area (Å²) in [5, 5.41) is 9.62. The van der Waals surface area contributed by atoms with Crippen molar-refractivity contribution in [1.29, 1.82) is 0 Å². The number of thioether (sulfide) groups is 1. The molecular formula is C14H15N3O3S. The predicted octanol–water partition coefficient (Wildman–Crippen LogP) is 2.20. The van der Waals surface area contributed by atoms with Gasteiger partial charge in [-0.25, -0.2) is 0 Å². The molecule has 1 aromatic heterocycles. The number of aromatic nitrogens is 2. The maximum Gasteiger partial charge on any atom is 0.235 e. The van der Waals surface area contributed by atoms with Crippen LogP contribution in [0.2, 0.25) is 0 Å². The molecule has 1 amide bonds. The number of nitrogens with zero attached hydrogens (tertiary/aromatic N) is 1. The fourth-order valence-electron chi connectivity index (χ4n) is 2.32. The number of anilines is 1. The summed E-state index contributed by atoms with van der Waals surface area (Å²) in [5.41, 5.74) is 1.89. The normalized spacial score (nSPS) is 17.6. The highest BCUT2D eigenvalue weighted by atomic mass is 32.2. The maximum atomic E-state index is 11.8. The molecular weight excluding hydrogens is 290 g/mol. The van der Waals surface area contributed by atoms with E-state index in [0.717, 1.165) is 22.6 Å². The van der Waals surface area contributed by atoms with Crippen molar-refractivity contribution in [3.8, 4) is 11.5 Å². The van der Waals surface area contributed by atoms with E-state index < -0.39 is 0 Å². The first-order valence-electron chi connectivity index (χ1n) is 6.39. The van der Waals surface area contributed by atoms with E-state index in [-0.39, 0.29) is 11.2 Å². The summed E-state index contributed by atoms with van der Waals surface area (Å²) in [6, 6.07) is 5.65. The van der Waals surface area contributed by atoms with Gasteiger partial charge in [0, 0.05) is 11.1 Å². The number of rotatable bonds is 3. The van der Waals surface area contributed by atoms with Crippen molar-refractivity contribution in [2.75, 3.05) is 25.3 Å². The second kappa shape index (κ2) is 5.69. The van der Waals surface area contributed by atoms with Gasteiger partial charge in [-0.2, -0.15) is 5.10 Å². The van der Waals surface area contributed by atoms with Gasteiger partial charge in [-0.1, -0.05) is 0 Å². The number of hydrogen-bond acceptors (Lipinski definition) is 5. The van der Waals surface area contributed by atoms with Crippen molar-refractivity contribution in [2.24, 2.45) is 0 Å². The van der Waals surface area contributed by atoms with Crippen LogP contribution in [0.15, 0.2) is 24.4 Å². The summed E-state index contributed by atoms with van der Waals surface area (Å²) in [6.45, 7) is 0. The summed E-state index contributed by atoms with van der Waals surface area (Å²) in [4.78, 5) is 11.8. The Morgan fingerprint density at radius 3 is 2.90 bits per heavy atom. The molecule has 0 unspecified atom stereocenters. The van der Waals surface area contributed by atoms with Crippen molar-refractivity contribution < 1.29 is 14.3 Å². The molecule has 7 heteroatoms. The monoisotopic (exact) mass is 305 g/mol. The van der Waals surface area contributed by atoms with Crippen LogP contribution in [0.5, 0.6) is 11.5 Å². The SMILES string of the molecule is COc1ccc(OC)c([C@@H]2SCC(=O)Nc3[nH]ncc32)c1. The lowest BCUT2D eigenvalue weighted by Gasteiger charge is -2.18. The van der Waals surface area contributed by atoms with E-state index in [1.165, 1.54) is 11.8 Å². The van der Waals surface area contributed by atoms with Crippen molar-refractivity contribution in [3.63, 3.8) is 0 Å². The minimum Gasteiger partial charge on any atom is -0.497 e. The van der Waals surface area contributed by atoms with Gasteiger partial charge in [0.2, 0.25) is 5.91 Å². The van der Waals surface area contributed by atoms with Crippen LogP contribution in [0.3, 0.4) is 0 Å². The summed E-state index contributed by atoms with van der Waals surface area (Å²) >= 11 is 1.53. The Hall–Kier alpha value is -2.15. The first kappa shape index (κ1) is 13.8. The fourth-order valence-corrected chi connectivity index (χ4v) is 3.43. The number of benzene rings is 1. The van der Waals surface area contributed by atoms with Crippen LogP contribution in [0.25, 0.3) is 0 Å². The van der Waals surface area contributed by atoms with E-state index in [2.05, 4.69) is 15.5 Å². The van der Waals surface area contributed by atoms with E-state index in [0.29, 0.717) is 11.6 Å². The van der Waals surface area contributed by atoms with Crippen LogP contribution in [-0.2, 0) is 4.79 Å². The van der Waals surface area contributed by atoms with Crippen molar-refractivity contribution in [3.05, 3.63) is 35.5 Å². The lowest BCUT2D eigenvalue weighted by molar-refractivity contribution is -0.113. The Bertz CT molecular complexity index is 671. The van der Waals surface area contributed by atoms with Crippen LogP contribution in [0, 0.1) is 0 Å². The van der Waals surface area contributed by atoms with Crippen LogP contribution in [0.4, 0.5) is 5.82 Å². The predicted molar refractivity (Wildman–Crippen MR) is 81.1 cm³/mol. The van der Waals surface area contributed by atoms with Crippen LogP contribution in [0.1, 0.15) is 16.4 Å². The number of fused-ring (bicyclic) bond motifs is 1. The molecule has 2 heterocycles. The van der Waals surface area contributed by atoms with Crippen LogP contribution in [-0.4, -0.2) is 36.1 Å². The molecule has 1 aliphatic rings. The van der Waals surface area contributed by atoms with E-state index in [4.69, 9.17) is 9.47 Å². The molecule has 21 heavy (non-hydrogen) atoms. The third-order valence-electron chi connectivity index (χ3n) is 3.32. The van der Waals surface area contributed by atoms with Gasteiger partial charge in [0.1, 0.15) is 17.3 Å². The zero-order valence-electron chi connectivity index (χ0n) is 11.7. The highest BCUT2D eigenvalue weighted by Gasteiger charge is 2.28. The van der Waals surface area contributed by atoms with Crippen molar-refractivity contribution >= 4 is 23.5 Å². The Morgan fingerprint density at radius 2 is 2.14 bits per heavy atom. The third kappa shape index (κ3) is 2.56. The van der Waals surface area contributed by atoms with Gasteiger partial charge in [0.05, 0.1) is 31.4 Å². The number of amides is 1. The number of methoxy groups -OCH3 is 2. The molecule has 0 aliphatic carbocycles. The number of carbonyl (C=O) groups excluding carboxylic acids is 1. The van der Waals surface area contributed by atoms with Gasteiger partial charge in [0.15, 0.2) is 0 Å². The van der Waals surface area contributed by atoms with Crippen LogP contribution >= 0.6 is 11.8 Å². The molecule has 0 bridgehead atoms. The van der Waals surface area contributed by atoms with E-state index in [9.17, 15) is 4.79 Å². The number of H-pyrrole nitrogens is 1. The maximum absolute atomic E-state index is 11.8. The van der Waals surface area contributed by atoms with Gasteiger partial charge >= 0.3 is 0 Å². The second-order valence-electron chi connectivity index (χ2n) is 4.55. The largest absolute Gasteiger partial charge is 0.497 e. The van der Waals surface area contributed by atoms with E-state index in [1.54, 1.807) is 20.4 Å². The van der Waals surface area contributed by atoms with Crippen molar-refractivity contribution in [1.82, 2.24) is 10.2 Å². The zero-order valence-corrected chi connectivity index (χ0v) is 12.5. The molecule has 110 valence electrons. The standard InChI is InChI=1S/C14H15N3O3S/c1-19-8-3-4-11(20-2)9(5-8)13-10-6-15-17-14(10)16-12(18)7-21-13/h3-6,13H,7H2,1-2H3,(H2,15,16,17,18)/t13-/m0/s1. The highest BCUT2D eigenvalue weighted by molar-refractivity contribution is 8.00. The van der Waals surface area contributed by atoms with Crippen molar-refractivity contribution in [2.45, 2.75) is 5.25 Å². The van der Waals surface area contributed by atoms with Crippen LogP contribution < -0.4 is 14.8 Å². The van der Waals surface area contributed by atoms with Gasteiger partial charge < -0.3 is 14.8 Å². The Kier molecular flexibility index (Phi) is 3.74. The Morgan fingerprint density at radius 1 is 1.29 bits per heavy atom. The Labute approximate surface area is 126 Å². The number of hydrogen-bond donors (Lipinski definition) is 2. The second-order valence-corrected chi connectivity index (χ2v) is 5.64. The number of aromatic amines is 1. The summed E-state index contributed by atoms with van der Waals surface area (Å²) in [7, 11) is 3.26. The van der Waals surface area contributed by atoms with E-state index >= 15 is 0 Å². The molecule has 0 saturated heterocycles. The van der Waals surface area contributed by atoms with Gasteiger partial charge in [-0.15, -0.1) is 11.8 Å². The summed E-state index contributed by atoms with van der Waals surface area (Å²) in [5.74, 6) is 2.47. The quantitative estimate of drug-likeness (QED) is 0.909. The highest BCUT2D eigenvalue weighted by Crippen LogP contribution is 2.44. The summed E-state index contributed by atoms with van der Waals surface area (Å²) < 4.78 is 10.7. The fraction of sp³-hybridized carbons (Fsp3) is 0.286. The number of nitrogens with one attached hydrogen (secondary N) is 2. The average molecular weight is 305 g/mol. The molecule has 0 saturated carbocycles. The topological polar surface area (TPSA) is 76.2 Å². The first-order chi connectivity index (χ1) is 10.2. The molecule has 2 aromatic rings. The molecule has 0 radical (unpaired) electrons. The smallest absolute Gasteiger partial charge is 0.235 e. The molecule has 1 atom stereocenters. The average Bonchev–Trinajstić information content (AvgIpc) is 2.89. The first-order valence-corrected chi connectivity index (χ1v) is 7.44. The van der Waals surface area contributed by atoms with Gasteiger partial charge in [-0.05, 0) is 18.2 Å². The number of ether oxygens (including phenoxy) is 2. The van der Waals surface area contributed by atoms with Gasteiger partial charge in [-0.3, -0.25) is 9.89 Å². The number of carbonyl (C=O) groups is 1. The third-order valence-corrected chi connectivity index (χ3v) is 4.59. The molecule has 0 spiro atoms. The lowest BCUT2D eigenvalue weighted by atomic mass is 10.0. The lowest BCUT2D eigenvalue weighted by Crippen LogP contribution is -2.12. The molecule has 3 rings (SSSR count). The Balaban J connectivity index is 2.10. The molecule has 0 fully saturated rings. The zero-order chi connectivity index (χ0) is 14.8. The molecule has 2 N–H and O–H groups in total. The summed E-state index contributed by atoms with van der Waals surface area (Å²) in [6.07, 6.45) is 1.73.